The highest BCUT2D eigenvalue weighted by atomic mass is 79.9. The molecule has 66 valence electrons. The van der Waals surface area contributed by atoms with Gasteiger partial charge in [-0.25, -0.2) is 0 Å². The van der Waals surface area contributed by atoms with Crippen molar-refractivity contribution >= 4 is 26.7 Å². The van der Waals surface area contributed by atoms with Gasteiger partial charge in [-0.1, -0.05) is 12.1 Å². The summed E-state index contributed by atoms with van der Waals surface area (Å²) < 4.78 is 1.18. The fourth-order valence-electron chi connectivity index (χ4n) is 1.47. The van der Waals surface area contributed by atoms with Gasteiger partial charge < -0.3 is 0 Å². The van der Waals surface area contributed by atoms with E-state index >= 15 is 0 Å². The number of aromatic nitrogens is 1. The van der Waals surface area contributed by atoms with Crippen molar-refractivity contribution in [2.75, 3.05) is 0 Å². The van der Waals surface area contributed by atoms with Crippen LogP contribution in [0.2, 0.25) is 0 Å². The third kappa shape index (κ3) is 1.35. The van der Waals surface area contributed by atoms with Crippen LogP contribution in [0, 0.1) is 13.8 Å². The third-order valence-corrected chi connectivity index (χ3v) is 3.32. The predicted molar refractivity (Wildman–Crippen MR) is 58.9 cm³/mol. The highest BCUT2D eigenvalue weighted by Crippen LogP contribution is 2.27. The highest BCUT2D eigenvalue weighted by Gasteiger charge is 2.03. The maximum absolute atomic E-state index is 4.26. The molecule has 1 nitrogen and oxygen atoms in total. The molecule has 0 bridgehead atoms. The molecule has 0 fully saturated rings. The van der Waals surface area contributed by atoms with E-state index < -0.39 is 0 Å². The molecule has 2 aromatic rings. The summed E-state index contributed by atoms with van der Waals surface area (Å²) in [6.45, 7) is 4.13. The topological polar surface area (TPSA) is 12.9 Å². The molecule has 2 rings (SSSR count). The maximum atomic E-state index is 4.26. The Labute approximate surface area is 85.9 Å². The van der Waals surface area contributed by atoms with Crippen molar-refractivity contribution in [3.8, 4) is 0 Å². The molecule has 0 unspecified atom stereocenters. The third-order valence-electron chi connectivity index (χ3n) is 2.27. The van der Waals surface area contributed by atoms with Crippen LogP contribution in [0.1, 0.15) is 11.3 Å². The summed E-state index contributed by atoms with van der Waals surface area (Å²) in [6.07, 6.45) is 1.85. The highest BCUT2D eigenvalue weighted by molar-refractivity contribution is 9.10. The number of pyridine rings is 1. The van der Waals surface area contributed by atoms with E-state index in [2.05, 4.69) is 40.0 Å². The van der Waals surface area contributed by atoms with Crippen molar-refractivity contribution in [3.05, 3.63) is 40.1 Å². The number of rotatable bonds is 0. The lowest BCUT2D eigenvalue weighted by atomic mass is 10.1. The first-order valence-corrected chi connectivity index (χ1v) is 5.00. The fraction of sp³-hybridized carbons (Fsp3) is 0.182. The Morgan fingerprint density at radius 3 is 2.62 bits per heavy atom. The van der Waals surface area contributed by atoms with Crippen molar-refractivity contribution < 1.29 is 0 Å². The van der Waals surface area contributed by atoms with Crippen molar-refractivity contribution in [1.82, 2.24) is 4.98 Å². The van der Waals surface area contributed by atoms with Crippen LogP contribution in [0.15, 0.2) is 28.9 Å². The first-order valence-electron chi connectivity index (χ1n) is 4.20. The minimum atomic E-state index is 1.08. The summed E-state index contributed by atoms with van der Waals surface area (Å²) >= 11 is 3.59. The van der Waals surface area contributed by atoms with Crippen LogP contribution in [-0.2, 0) is 0 Å². The minimum Gasteiger partial charge on any atom is -0.261 e. The number of benzene rings is 1. The molecular formula is C11H10BrN. The normalized spacial score (nSPS) is 10.7. The summed E-state index contributed by atoms with van der Waals surface area (Å²) in [4.78, 5) is 4.26. The lowest BCUT2D eigenvalue weighted by Gasteiger charge is -2.05. The van der Waals surface area contributed by atoms with E-state index in [-0.39, 0.29) is 0 Å². The zero-order valence-electron chi connectivity index (χ0n) is 7.63. The van der Waals surface area contributed by atoms with Gasteiger partial charge in [-0.3, -0.25) is 4.98 Å². The molecule has 0 aliphatic rings. The van der Waals surface area contributed by atoms with Crippen LogP contribution in [0.3, 0.4) is 0 Å². The Morgan fingerprint density at radius 1 is 1.08 bits per heavy atom. The second kappa shape index (κ2) is 3.11. The molecular weight excluding hydrogens is 226 g/mol. The van der Waals surface area contributed by atoms with E-state index in [0.717, 1.165) is 5.69 Å². The Balaban J connectivity index is 2.94. The van der Waals surface area contributed by atoms with Crippen LogP contribution in [0.25, 0.3) is 10.8 Å². The van der Waals surface area contributed by atoms with Crippen molar-refractivity contribution in [2.45, 2.75) is 13.8 Å². The van der Waals surface area contributed by atoms with E-state index in [0.29, 0.717) is 0 Å². The molecule has 0 aliphatic carbocycles. The predicted octanol–water partition coefficient (Wildman–Crippen LogP) is 3.61. The lowest BCUT2D eigenvalue weighted by molar-refractivity contribution is 1.23. The van der Waals surface area contributed by atoms with Gasteiger partial charge in [0.05, 0.1) is 0 Å². The molecule has 13 heavy (non-hydrogen) atoms. The largest absolute Gasteiger partial charge is 0.261 e. The molecule has 1 aromatic carbocycles. The first kappa shape index (κ1) is 8.70. The van der Waals surface area contributed by atoms with Gasteiger partial charge in [0.1, 0.15) is 0 Å². The number of nitrogens with zero attached hydrogens (tertiary/aromatic N) is 1. The van der Waals surface area contributed by atoms with Crippen molar-refractivity contribution in [2.24, 2.45) is 0 Å². The van der Waals surface area contributed by atoms with Crippen LogP contribution >= 0.6 is 15.9 Å². The quantitative estimate of drug-likeness (QED) is 0.680. The molecule has 0 radical (unpaired) electrons. The smallest absolute Gasteiger partial charge is 0.0451 e. The van der Waals surface area contributed by atoms with Gasteiger partial charge in [0.25, 0.3) is 0 Å². The molecule has 1 heterocycles. The molecule has 0 spiro atoms. The van der Waals surface area contributed by atoms with Crippen LogP contribution in [-0.4, -0.2) is 4.98 Å². The Bertz CT molecular complexity index is 463. The van der Waals surface area contributed by atoms with Gasteiger partial charge in [0.15, 0.2) is 0 Å². The molecule has 2 heteroatoms. The lowest BCUT2D eigenvalue weighted by Crippen LogP contribution is -1.85. The fourth-order valence-corrected chi connectivity index (χ4v) is 1.95. The van der Waals surface area contributed by atoms with Gasteiger partial charge in [-0.2, -0.15) is 0 Å². The second-order valence-electron chi connectivity index (χ2n) is 3.19. The van der Waals surface area contributed by atoms with E-state index in [1.54, 1.807) is 0 Å². The van der Waals surface area contributed by atoms with Gasteiger partial charge in [-0.05, 0) is 46.8 Å². The Morgan fingerprint density at radius 2 is 1.85 bits per heavy atom. The van der Waals surface area contributed by atoms with Crippen molar-refractivity contribution in [1.29, 1.82) is 0 Å². The number of halogens is 1. The number of fused-ring (bicyclic) bond motifs is 1. The SMILES string of the molecule is Cc1ccc2c(C)nccc2c1Br. The minimum absolute atomic E-state index is 1.08. The summed E-state index contributed by atoms with van der Waals surface area (Å²) in [6, 6.07) is 6.28. The Hall–Kier alpha value is -0.890. The Kier molecular flexibility index (Phi) is 2.08. The van der Waals surface area contributed by atoms with Crippen LogP contribution < -0.4 is 0 Å². The average Bonchev–Trinajstić information content (AvgIpc) is 2.12. The van der Waals surface area contributed by atoms with Gasteiger partial charge in [0, 0.05) is 21.7 Å². The molecule has 0 amide bonds. The zero-order valence-corrected chi connectivity index (χ0v) is 9.22. The van der Waals surface area contributed by atoms with Gasteiger partial charge >= 0.3 is 0 Å². The molecule has 0 N–H and O–H groups in total. The van der Waals surface area contributed by atoms with E-state index in [1.807, 2.05) is 19.2 Å². The summed E-state index contributed by atoms with van der Waals surface area (Å²) in [5, 5.41) is 2.47. The first-order chi connectivity index (χ1) is 6.20. The second-order valence-corrected chi connectivity index (χ2v) is 3.98. The summed E-state index contributed by atoms with van der Waals surface area (Å²) in [7, 11) is 0. The van der Waals surface area contributed by atoms with E-state index in [1.165, 1.54) is 20.8 Å². The monoisotopic (exact) mass is 235 g/mol. The number of hydrogen-bond acceptors (Lipinski definition) is 1. The van der Waals surface area contributed by atoms with Gasteiger partial charge in [0.2, 0.25) is 0 Å². The molecule has 0 saturated heterocycles. The summed E-state index contributed by atoms with van der Waals surface area (Å²) in [5.41, 5.74) is 2.34. The molecule has 1 aromatic heterocycles. The molecule has 0 aliphatic heterocycles. The average molecular weight is 236 g/mol. The standard InChI is InChI=1S/C11H10BrN/c1-7-3-4-9-8(2)13-6-5-10(9)11(7)12/h3-6H,1-2H3. The van der Waals surface area contributed by atoms with Gasteiger partial charge in [-0.15, -0.1) is 0 Å². The molecule has 0 atom stereocenters. The molecule has 0 saturated carbocycles. The summed E-state index contributed by atoms with van der Waals surface area (Å²) in [5.74, 6) is 0. The number of aryl methyl sites for hydroxylation is 2. The van der Waals surface area contributed by atoms with E-state index in [9.17, 15) is 0 Å². The van der Waals surface area contributed by atoms with Crippen molar-refractivity contribution in [3.63, 3.8) is 0 Å². The van der Waals surface area contributed by atoms with Crippen LogP contribution in [0.4, 0.5) is 0 Å². The number of hydrogen-bond donors (Lipinski definition) is 0. The van der Waals surface area contributed by atoms with Crippen LogP contribution in [0.5, 0.6) is 0 Å². The van der Waals surface area contributed by atoms with E-state index in [4.69, 9.17) is 0 Å². The zero-order chi connectivity index (χ0) is 9.42. The maximum Gasteiger partial charge on any atom is 0.0451 e.